The van der Waals surface area contributed by atoms with Crippen molar-refractivity contribution in [3.05, 3.63) is 54.6 Å². The summed E-state index contributed by atoms with van der Waals surface area (Å²) in [5.74, 6) is 0.618. The molecule has 2 rings (SSSR count). The summed E-state index contributed by atoms with van der Waals surface area (Å²) in [6, 6.07) is 18.4. The largest absolute Gasteiger partial charge is 0.426 e. The zero-order valence-corrected chi connectivity index (χ0v) is 28.5. The summed E-state index contributed by atoms with van der Waals surface area (Å²) < 4.78 is 6.03. The molecular weight excluding hydrogens is 524 g/mol. The molecule has 0 aliphatic rings. The van der Waals surface area contributed by atoms with Gasteiger partial charge < -0.3 is 4.74 Å². The smallest absolute Gasteiger partial charge is 0.317 e. The molecule has 0 aliphatic carbocycles. The first-order valence-electron chi connectivity index (χ1n) is 18.5. The predicted octanol–water partition coefficient (Wildman–Crippen LogP) is 13.7. The van der Waals surface area contributed by atoms with E-state index in [4.69, 9.17) is 4.74 Å². The van der Waals surface area contributed by atoms with E-state index in [9.17, 15) is 4.79 Å². The lowest BCUT2D eigenvalue weighted by molar-refractivity contribution is -0.146. The Morgan fingerprint density at radius 2 is 0.837 bits per heavy atom. The highest BCUT2D eigenvalue weighted by Crippen LogP contribution is 2.34. The average Bonchev–Trinajstić information content (AvgIpc) is 3.03. The van der Waals surface area contributed by atoms with E-state index in [1.54, 1.807) is 0 Å². The molecule has 0 bridgehead atoms. The first-order chi connectivity index (χ1) is 21.1. The summed E-state index contributed by atoms with van der Waals surface area (Å²) in [5.41, 5.74) is 1.92. The molecule has 0 spiro atoms. The van der Waals surface area contributed by atoms with E-state index in [0.29, 0.717) is 5.75 Å². The Hall–Kier alpha value is -2.09. The summed E-state index contributed by atoms with van der Waals surface area (Å²) in [4.78, 5) is 13.6. The number of esters is 1. The van der Waals surface area contributed by atoms with Gasteiger partial charge in [-0.15, -0.1) is 0 Å². The van der Waals surface area contributed by atoms with Crippen LogP contribution in [0.2, 0.25) is 0 Å². The Morgan fingerprint density at radius 1 is 0.488 bits per heavy atom. The average molecular weight is 591 g/mol. The first-order valence-corrected chi connectivity index (χ1v) is 18.5. The summed E-state index contributed by atoms with van der Waals surface area (Å²) in [6.45, 7) is 6.73. The zero-order valence-electron chi connectivity index (χ0n) is 28.5. The van der Waals surface area contributed by atoms with Crippen molar-refractivity contribution >= 4 is 5.97 Å². The molecule has 0 heterocycles. The third-order valence-corrected chi connectivity index (χ3v) is 9.33. The Morgan fingerprint density at radius 3 is 1.23 bits per heavy atom. The lowest BCUT2D eigenvalue weighted by atomic mass is 9.79. The highest BCUT2D eigenvalue weighted by atomic mass is 16.5. The molecule has 0 N–H and O–H groups in total. The van der Waals surface area contributed by atoms with Gasteiger partial charge in [0.2, 0.25) is 0 Å². The van der Waals surface area contributed by atoms with Crippen molar-refractivity contribution in [2.24, 2.45) is 5.41 Å². The quantitative estimate of drug-likeness (QED) is 0.0587. The van der Waals surface area contributed by atoms with Crippen molar-refractivity contribution in [3.63, 3.8) is 0 Å². The van der Waals surface area contributed by atoms with Crippen LogP contribution in [0.1, 0.15) is 175 Å². The number of benzene rings is 2. The van der Waals surface area contributed by atoms with Crippen LogP contribution < -0.4 is 4.74 Å². The summed E-state index contributed by atoms with van der Waals surface area (Å²) in [5, 5.41) is 0. The molecule has 0 saturated heterocycles. The second-order valence-electron chi connectivity index (χ2n) is 13.4. The zero-order chi connectivity index (χ0) is 30.9. The Kier molecular flexibility index (Phi) is 20.9. The summed E-state index contributed by atoms with van der Waals surface area (Å²) in [6.07, 6.45) is 31.2. The van der Waals surface area contributed by atoms with Crippen LogP contribution in [0.25, 0.3) is 11.1 Å². The maximum Gasteiger partial charge on any atom is 0.317 e. The van der Waals surface area contributed by atoms with Gasteiger partial charge in [0, 0.05) is 0 Å². The van der Waals surface area contributed by atoms with Crippen LogP contribution in [-0.2, 0) is 4.79 Å². The van der Waals surface area contributed by atoms with E-state index < -0.39 is 5.41 Å². The maximum absolute atomic E-state index is 13.6. The summed E-state index contributed by atoms with van der Waals surface area (Å²) in [7, 11) is 0. The van der Waals surface area contributed by atoms with Crippen LogP contribution in [0.4, 0.5) is 0 Å². The molecule has 2 aromatic rings. The van der Waals surface area contributed by atoms with Gasteiger partial charge in [-0.1, -0.05) is 198 Å². The van der Waals surface area contributed by atoms with Gasteiger partial charge >= 0.3 is 5.97 Å². The number of unbranched alkanes of at least 4 members (excludes halogenated alkanes) is 20. The van der Waals surface area contributed by atoms with Gasteiger partial charge in [0.25, 0.3) is 0 Å². The predicted molar refractivity (Wildman–Crippen MR) is 188 cm³/mol. The minimum Gasteiger partial charge on any atom is -0.426 e. The van der Waals surface area contributed by atoms with Crippen molar-refractivity contribution in [3.8, 4) is 16.9 Å². The van der Waals surface area contributed by atoms with Gasteiger partial charge in [0.15, 0.2) is 0 Å². The fraction of sp³-hybridized carbons (Fsp3) is 0.683. The molecule has 2 heteroatoms. The maximum atomic E-state index is 13.6. The van der Waals surface area contributed by atoms with E-state index in [1.165, 1.54) is 134 Å². The van der Waals surface area contributed by atoms with Gasteiger partial charge in [-0.3, -0.25) is 4.79 Å². The molecule has 1 unspecified atom stereocenters. The third kappa shape index (κ3) is 17.1. The number of carbonyl (C=O) groups is 1. The van der Waals surface area contributed by atoms with Crippen molar-refractivity contribution in [2.75, 3.05) is 0 Å². The molecule has 242 valence electrons. The Balaban J connectivity index is 1.77. The van der Waals surface area contributed by atoms with Gasteiger partial charge in [0.1, 0.15) is 5.75 Å². The van der Waals surface area contributed by atoms with Crippen molar-refractivity contribution < 1.29 is 9.53 Å². The molecule has 0 saturated carbocycles. The minimum atomic E-state index is -0.406. The highest BCUT2D eigenvalue weighted by molar-refractivity contribution is 5.79. The number of hydrogen-bond acceptors (Lipinski definition) is 2. The fourth-order valence-electron chi connectivity index (χ4n) is 6.26. The summed E-state index contributed by atoms with van der Waals surface area (Å²) >= 11 is 0. The van der Waals surface area contributed by atoms with E-state index >= 15 is 0 Å². The molecule has 2 nitrogen and oxygen atoms in total. The molecule has 0 aliphatic heterocycles. The van der Waals surface area contributed by atoms with Crippen LogP contribution in [-0.4, -0.2) is 5.97 Å². The lowest BCUT2D eigenvalue weighted by Gasteiger charge is -2.27. The second-order valence-corrected chi connectivity index (χ2v) is 13.4. The lowest BCUT2D eigenvalue weighted by Crippen LogP contribution is -2.32. The van der Waals surface area contributed by atoms with E-state index in [2.05, 4.69) is 57.2 Å². The molecule has 0 fully saturated rings. The second kappa shape index (κ2) is 24.3. The Labute approximate surface area is 266 Å². The number of ether oxygens (including phenoxy) is 1. The van der Waals surface area contributed by atoms with Gasteiger partial charge in [-0.2, -0.15) is 0 Å². The van der Waals surface area contributed by atoms with Gasteiger partial charge in [-0.25, -0.2) is 0 Å². The highest BCUT2D eigenvalue weighted by Gasteiger charge is 2.34. The number of hydrogen-bond donors (Lipinski definition) is 0. The third-order valence-electron chi connectivity index (χ3n) is 9.33. The van der Waals surface area contributed by atoms with E-state index in [0.717, 1.165) is 31.2 Å². The van der Waals surface area contributed by atoms with Crippen molar-refractivity contribution in [2.45, 2.75) is 175 Å². The minimum absolute atomic E-state index is 0.0426. The fourth-order valence-corrected chi connectivity index (χ4v) is 6.26. The molecule has 0 radical (unpaired) electrons. The topological polar surface area (TPSA) is 26.3 Å². The molecular formula is C41H66O2. The molecule has 1 atom stereocenters. The number of rotatable bonds is 27. The van der Waals surface area contributed by atoms with Crippen LogP contribution in [0.5, 0.6) is 5.75 Å². The van der Waals surface area contributed by atoms with Gasteiger partial charge in [-0.05, 0) is 43.0 Å². The van der Waals surface area contributed by atoms with E-state index in [1.807, 2.05) is 18.2 Å². The monoisotopic (exact) mass is 591 g/mol. The van der Waals surface area contributed by atoms with Crippen LogP contribution in [0.15, 0.2) is 54.6 Å². The van der Waals surface area contributed by atoms with Crippen molar-refractivity contribution in [1.29, 1.82) is 0 Å². The molecule has 0 amide bonds. The van der Waals surface area contributed by atoms with Gasteiger partial charge in [0.05, 0.1) is 5.41 Å². The van der Waals surface area contributed by atoms with Crippen LogP contribution in [0, 0.1) is 5.41 Å². The molecule has 43 heavy (non-hydrogen) atoms. The van der Waals surface area contributed by atoms with Crippen LogP contribution >= 0.6 is 0 Å². The standard InChI is InChI=1S/C41H66O2/c1-4-6-8-10-12-14-16-17-19-21-23-28-36-41(3,35-27-22-20-18-15-13-11-9-7-5-2)40(42)43-39-33-31-38(32-34-39)37-29-25-24-26-30-37/h24-26,29-34H,4-23,27-28,35-36H2,1-3H3. The normalized spacial score (nSPS) is 12.7. The molecule has 2 aromatic carbocycles. The van der Waals surface area contributed by atoms with Crippen LogP contribution in [0.3, 0.4) is 0 Å². The first kappa shape index (κ1) is 37.1. The Bertz CT molecular complexity index is 918. The van der Waals surface area contributed by atoms with E-state index in [-0.39, 0.29) is 5.97 Å². The SMILES string of the molecule is CCCCCCCCCCCCCCC(C)(CCCCCCCCCCCC)C(=O)Oc1ccc(-c2ccccc2)cc1. The molecule has 0 aromatic heterocycles. The number of carbonyl (C=O) groups excluding carboxylic acids is 1. The van der Waals surface area contributed by atoms with Crippen molar-refractivity contribution in [1.82, 2.24) is 0 Å².